The summed E-state index contributed by atoms with van der Waals surface area (Å²) in [5.74, 6) is 1.44. The van der Waals surface area contributed by atoms with Gasteiger partial charge in [-0.05, 0) is 55.9 Å². The standard InChI is InChI=1S/C21H26NO4P/c22-18-14-17-8-7-13-21(15-17,16-18)26-27(23,24-19-9-3-1-4-10-19)25-20-11-5-2-6-12-20/h1-6,9-12,17-18H,7-8,13-16,22H2/t17-,18-,21-/m1/s1. The molecular formula is C21H26NO4P. The van der Waals surface area contributed by atoms with Crippen molar-refractivity contribution in [2.24, 2.45) is 11.7 Å². The van der Waals surface area contributed by atoms with E-state index in [0.29, 0.717) is 23.8 Å². The van der Waals surface area contributed by atoms with E-state index in [0.717, 1.165) is 32.1 Å². The molecule has 0 saturated heterocycles. The lowest BCUT2D eigenvalue weighted by Crippen LogP contribution is -2.48. The monoisotopic (exact) mass is 387 g/mol. The Morgan fingerprint density at radius 2 is 1.52 bits per heavy atom. The first-order chi connectivity index (χ1) is 13.0. The van der Waals surface area contributed by atoms with E-state index >= 15 is 0 Å². The van der Waals surface area contributed by atoms with Gasteiger partial charge in [-0.15, -0.1) is 0 Å². The highest BCUT2D eigenvalue weighted by atomic mass is 31.2. The fourth-order valence-electron chi connectivity index (χ4n) is 4.45. The van der Waals surface area contributed by atoms with Crippen LogP contribution in [0.1, 0.15) is 38.5 Å². The molecule has 6 heteroatoms. The highest BCUT2D eigenvalue weighted by Gasteiger charge is 2.49. The lowest BCUT2D eigenvalue weighted by molar-refractivity contribution is -0.0460. The zero-order chi connectivity index (χ0) is 18.7. The molecule has 2 fully saturated rings. The molecule has 2 saturated carbocycles. The van der Waals surface area contributed by atoms with Crippen LogP contribution in [0.3, 0.4) is 0 Å². The quantitative estimate of drug-likeness (QED) is 0.680. The normalized spacial score (nSPS) is 27.7. The molecular weight excluding hydrogens is 361 g/mol. The van der Waals surface area contributed by atoms with E-state index in [4.69, 9.17) is 19.3 Å². The summed E-state index contributed by atoms with van der Waals surface area (Å²) in [4.78, 5) is 0. The Balaban J connectivity index is 1.62. The average molecular weight is 387 g/mol. The van der Waals surface area contributed by atoms with Crippen LogP contribution in [0.5, 0.6) is 11.5 Å². The van der Waals surface area contributed by atoms with Crippen molar-refractivity contribution in [3.8, 4) is 11.5 Å². The molecule has 0 heterocycles. The van der Waals surface area contributed by atoms with Gasteiger partial charge in [0.15, 0.2) is 0 Å². The molecule has 2 aromatic carbocycles. The molecule has 2 aromatic rings. The molecule has 0 unspecified atom stereocenters. The second kappa shape index (κ2) is 7.67. The molecule has 0 radical (unpaired) electrons. The summed E-state index contributed by atoms with van der Waals surface area (Å²) in [6.45, 7) is 0. The van der Waals surface area contributed by atoms with Gasteiger partial charge < -0.3 is 14.8 Å². The lowest BCUT2D eigenvalue weighted by Gasteiger charge is -2.47. The van der Waals surface area contributed by atoms with Crippen LogP contribution >= 0.6 is 7.82 Å². The lowest BCUT2D eigenvalue weighted by atomic mass is 9.68. The van der Waals surface area contributed by atoms with Crippen LogP contribution in [0.25, 0.3) is 0 Å². The average Bonchev–Trinajstić information content (AvgIpc) is 2.62. The molecule has 0 aliphatic heterocycles. The summed E-state index contributed by atoms with van der Waals surface area (Å²) in [5, 5.41) is 0. The van der Waals surface area contributed by atoms with Crippen molar-refractivity contribution in [3.05, 3.63) is 60.7 Å². The van der Waals surface area contributed by atoms with Crippen molar-refractivity contribution in [3.63, 3.8) is 0 Å². The summed E-state index contributed by atoms with van der Waals surface area (Å²) in [6, 6.07) is 18.1. The molecule has 144 valence electrons. The molecule has 2 N–H and O–H groups in total. The van der Waals surface area contributed by atoms with Gasteiger partial charge in [0.1, 0.15) is 11.5 Å². The third-order valence-corrected chi connectivity index (χ3v) is 6.88. The number of hydrogen-bond acceptors (Lipinski definition) is 5. The first-order valence-corrected chi connectivity index (χ1v) is 11.1. The Labute approximate surface area is 160 Å². The topological polar surface area (TPSA) is 70.8 Å². The van der Waals surface area contributed by atoms with Crippen LogP contribution in [0.2, 0.25) is 0 Å². The number of nitrogens with two attached hydrogens (primary N) is 1. The number of phosphoric acid groups is 1. The Morgan fingerprint density at radius 3 is 2.11 bits per heavy atom. The van der Waals surface area contributed by atoms with Crippen molar-refractivity contribution in [2.45, 2.75) is 50.2 Å². The van der Waals surface area contributed by atoms with Crippen molar-refractivity contribution < 1.29 is 18.1 Å². The van der Waals surface area contributed by atoms with E-state index in [9.17, 15) is 4.57 Å². The van der Waals surface area contributed by atoms with Gasteiger partial charge in [0.05, 0.1) is 5.60 Å². The third-order valence-electron chi connectivity index (χ3n) is 5.40. The maximum atomic E-state index is 13.7. The SMILES string of the molecule is N[C@@H]1C[C@H]2CCC[C@](OP(=O)(Oc3ccccc3)Oc3ccccc3)(C1)C2. The van der Waals surface area contributed by atoms with Gasteiger partial charge in [-0.3, -0.25) is 4.52 Å². The molecule has 2 aliphatic rings. The minimum Gasteiger partial charge on any atom is -0.395 e. The summed E-state index contributed by atoms with van der Waals surface area (Å²) in [5.41, 5.74) is 5.74. The Hall–Kier alpha value is -1.81. The van der Waals surface area contributed by atoms with Gasteiger partial charge in [-0.2, -0.15) is 0 Å². The van der Waals surface area contributed by atoms with E-state index < -0.39 is 13.4 Å². The van der Waals surface area contributed by atoms with Crippen LogP contribution in [0.4, 0.5) is 0 Å². The van der Waals surface area contributed by atoms with Crippen LogP contribution in [0, 0.1) is 5.92 Å². The van der Waals surface area contributed by atoms with Crippen LogP contribution < -0.4 is 14.8 Å². The molecule has 3 atom stereocenters. The fourth-order valence-corrected chi connectivity index (χ4v) is 6.04. The Kier molecular flexibility index (Phi) is 5.27. The highest BCUT2D eigenvalue weighted by molar-refractivity contribution is 7.49. The molecule has 5 nitrogen and oxygen atoms in total. The second-order valence-electron chi connectivity index (χ2n) is 7.69. The Morgan fingerprint density at radius 1 is 0.926 bits per heavy atom. The van der Waals surface area contributed by atoms with Gasteiger partial charge in [-0.1, -0.05) is 49.2 Å². The first-order valence-electron chi connectivity index (χ1n) is 9.60. The minimum atomic E-state index is -3.89. The van der Waals surface area contributed by atoms with Crippen LogP contribution in [-0.2, 0) is 9.09 Å². The summed E-state index contributed by atoms with van der Waals surface area (Å²) >= 11 is 0. The number of fused-ring (bicyclic) bond motifs is 2. The molecule has 4 rings (SSSR count). The number of rotatable bonds is 6. The van der Waals surface area contributed by atoms with E-state index in [1.165, 1.54) is 0 Å². The van der Waals surface area contributed by atoms with Crippen molar-refractivity contribution in [2.75, 3.05) is 0 Å². The van der Waals surface area contributed by atoms with E-state index in [-0.39, 0.29) is 6.04 Å². The van der Waals surface area contributed by atoms with Gasteiger partial charge in [0.25, 0.3) is 0 Å². The smallest absolute Gasteiger partial charge is 0.395 e. The fraction of sp³-hybridized carbons (Fsp3) is 0.429. The summed E-state index contributed by atoms with van der Waals surface area (Å²) < 4.78 is 31.6. The van der Waals surface area contributed by atoms with Gasteiger partial charge in [0.2, 0.25) is 0 Å². The number of hydrogen-bond donors (Lipinski definition) is 1. The highest BCUT2D eigenvalue weighted by Crippen LogP contribution is 2.58. The van der Waals surface area contributed by atoms with Crippen LogP contribution in [0.15, 0.2) is 60.7 Å². The van der Waals surface area contributed by atoms with E-state index in [1.807, 2.05) is 36.4 Å². The zero-order valence-corrected chi connectivity index (χ0v) is 16.2. The molecule has 0 spiro atoms. The Bertz CT molecular complexity index is 751. The number of para-hydroxylation sites is 2. The van der Waals surface area contributed by atoms with E-state index in [2.05, 4.69) is 0 Å². The van der Waals surface area contributed by atoms with Crippen molar-refractivity contribution in [1.82, 2.24) is 0 Å². The molecule has 0 amide bonds. The zero-order valence-electron chi connectivity index (χ0n) is 15.3. The molecule has 2 bridgehead atoms. The largest absolute Gasteiger partial charge is 0.588 e. The van der Waals surface area contributed by atoms with E-state index in [1.54, 1.807) is 24.3 Å². The van der Waals surface area contributed by atoms with Crippen molar-refractivity contribution >= 4 is 7.82 Å². The van der Waals surface area contributed by atoms with Gasteiger partial charge in [0, 0.05) is 6.04 Å². The predicted molar refractivity (Wildman–Crippen MR) is 105 cm³/mol. The van der Waals surface area contributed by atoms with Crippen molar-refractivity contribution in [1.29, 1.82) is 0 Å². The summed E-state index contributed by atoms with van der Waals surface area (Å²) in [6.07, 6.45) is 5.59. The van der Waals surface area contributed by atoms with Crippen LogP contribution in [-0.4, -0.2) is 11.6 Å². The van der Waals surface area contributed by atoms with Gasteiger partial charge >= 0.3 is 7.82 Å². The maximum absolute atomic E-state index is 13.7. The number of benzene rings is 2. The second-order valence-corrected chi connectivity index (χ2v) is 9.13. The maximum Gasteiger partial charge on any atom is 0.588 e. The number of phosphoric ester groups is 1. The predicted octanol–water partition coefficient (Wildman–Crippen LogP) is 5.32. The molecule has 0 aromatic heterocycles. The summed E-state index contributed by atoms with van der Waals surface area (Å²) in [7, 11) is -3.89. The van der Waals surface area contributed by atoms with Gasteiger partial charge in [-0.25, -0.2) is 4.57 Å². The molecule has 27 heavy (non-hydrogen) atoms. The minimum absolute atomic E-state index is 0.0611. The molecule has 2 aliphatic carbocycles. The first kappa shape index (κ1) is 18.5. The third kappa shape index (κ3) is 4.55.